The Balaban J connectivity index is 2.00. The van der Waals surface area contributed by atoms with Gasteiger partial charge in [-0.05, 0) is 18.2 Å². The standard InChI is InChI=1S/C18H15F2N5O/c1-25(14-6-12(20)8-22-9-14)16-7-17(23-10-15(16)18(21)26)24-13-4-2-3-11(19)5-13/h2-10H,1H3,(H2,21,26)(H,23,24). The minimum atomic E-state index is -0.680. The summed E-state index contributed by atoms with van der Waals surface area (Å²) in [6.07, 6.45) is 3.84. The molecule has 3 aromatic rings. The van der Waals surface area contributed by atoms with Gasteiger partial charge < -0.3 is 16.0 Å². The van der Waals surface area contributed by atoms with Crippen molar-refractivity contribution in [3.63, 3.8) is 0 Å². The SMILES string of the molecule is CN(c1cncc(F)c1)c1cc(Nc2cccc(F)c2)ncc1C(N)=O. The van der Waals surface area contributed by atoms with E-state index in [4.69, 9.17) is 5.73 Å². The number of carbonyl (C=O) groups is 1. The molecule has 1 amide bonds. The van der Waals surface area contributed by atoms with Crippen LogP contribution in [0, 0.1) is 11.6 Å². The van der Waals surface area contributed by atoms with Gasteiger partial charge in [0.25, 0.3) is 5.91 Å². The zero-order valence-corrected chi connectivity index (χ0v) is 13.8. The molecule has 3 rings (SSSR count). The first-order valence-corrected chi connectivity index (χ1v) is 7.61. The highest BCUT2D eigenvalue weighted by atomic mass is 19.1. The largest absolute Gasteiger partial charge is 0.365 e. The number of anilines is 4. The summed E-state index contributed by atoms with van der Waals surface area (Å²) in [7, 11) is 1.64. The van der Waals surface area contributed by atoms with E-state index in [0.29, 0.717) is 22.9 Å². The molecule has 0 spiro atoms. The molecule has 6 nitrogen and oxygen atoms in total. The number of benzene rings is 1. The molecular weight excluding hydrogens is 340 g/mol. The summed E-state index contributed by atoms with van der Waals surface area (Å²) in [4.78, 5) is 21.2. The lowest BCUT2D eigenvalue weighted by Gasteiger charge is -2.22. The van der Waals surface area contributed by atoms with Crippen molar-refractivity contribution in [3.05, 3.63) is 72.2 Å². The van der Waals surface area contributed by atoms with Crippen molar-refractivity contribution in [2.45, 2.75) is 0 Å². The highest BCUT2D eigenvalue weighted by molar-refractivity contribution is 5.99. The number of amides is 1. The zero-order valence-electron chi connectivity index (χ0n) is 13.8. The van der Waals surface area contributed by atoms with Crippen LogP contribution >= 0.6 is 0 Å². The Bertz CT molecular complexity index is 964. The third kappa shape index (κ3) is 3.75. The molecular formula is C18H15F2N5O. The van der Waals surface area contributed by atoms with Crippen LogP contribution in [0.4, 0.5) is 31.7 Å². The molecule has 0 aliphatic rings. The first kappa shape index (κ1) is 17.3. The van der Waals surface area contributed by atoms with Gasteiger partial charge in [0.2, 0.25) is 0 Å². The van der Waals surface area contributed by atoms with E-state index in [9.17, 15) is 13.6 Å². The van der Waals surface area contributed by atoms with Gasteiger partial charge in [0.1, 0.15) is 17.5 Å². The van der Waals surface area contributed by atoms with Crippen LogP contribution in [0.3, 0.4) is 0 Å². The number of hydrogen-bond acceptors (Lipinski definition) is 5. The zero-order chi connectivity index (χ0) is 18.7. The highest BCUT2D eigenvalue weighted by Crippen LogP contribution is 2.29. The van der Waals surface area contributed by atoms with E-state index in [1.165, 1.54) is 30.6 Å². The number of nitrogens with zero attached hydrogens (tertiary/aromatic N) is 3. The van der Waals surface area contributed by atoms with E-state index >= 15 is 0 Å². The summed E-state index contributed by atoms with van der Waals surface area (Å²) in [5, 5.41) is 2.95. The molecule has 2 aromatic heterocycles. The molecule has 0 saturated heterocycles. The first-order chi connectivity index (χ1) is 12.4. The van der Waals surface area contributed by atoms with Crippen LogP contribution in [0.25, 0.3) is 0 Å². The Kier molecular flexibility index (Phi) is 4.74. The van der Waals surface area contributed by atoms with Gasteiger partial charge in [-0.2, -0.15) is 0 Å². The van der Waals surface area contributed by atoms with E-state index in [-0.39, 0.29) is 5.56 Å². The number of pyridine rings is 2. The first-order valence-electron chi connectivity index (χ1n) is 7.61. The minimum Gasteiger partial charge on any atom is -0.365 e. The van der Waals surface area contributed by atoms with Crippen LogP contribution in [0.15, 0.2) is 55.0 Å². The van der Waals surface area contributed by atoms with E-state index in [1.807, 2.05) is 0 Å². The van der Waals surface area contributed by atoms with Gasteiger partial charge in [-0.3, -0.25) is 9.78 Å². The molecule has 2 heterocycles. The molecule has 0 atom stereocenters. The van der Waals surface area contributed by atoms with Crippen molar-refractivity contribution in [3.8, 4) is 0 Å². The van der Waals surface area contributed by atoms with Crippen molar-refractivity contribution in [2.24, 2.45) is 5.73 Å². The topological polar surface area (TPSA) is 84.1 Å². The normalized spacial score (nSPS) is 10.4. The fourth-order valence-electron chi connectivity index (χ4n) is 2.42. The highest BCUT2D eigenvalue weighted by Gasteiger charge is 2.16. The van der Waals surface area contributed by atoms with Gasteiger partial charge in [0.15, 0.2) is 0 Å². The number of primary amides is 1. The Morgan fingerprint density at radius 2 is 1.92 bits per heavy atom. The summed E-state index contributed by atoms with van der Waals surface area (Å²) >= 11 is 0. The summed E-state index contributed by atoms with van der Waals surface area (Å²) < 4.78 is 26.8. The molecule has 0 unspecified atom stereocenters. The number of rotatable bonds is 5. The average Bonchev–Trinajstić information content (AvgIpc) is 2.61. The van der Waals surface area contributed by atoms with Crippen LogP contribution in [-0.4, -0.2) is 22.9 Å². The monoisotopic (exact) mass is 355 g/mol. The lowest BCUT2D eigenvalue weighted by molar-refractivity contribution is 0.100. The summed E-state index contributed by atoms with van der Waals surface area (Å²) in [5.41, 5.74) is 6.89. The van der Waals surface area contributed by atoms with Gasteiger partial charge in [-0.1, -0.05) is 6.07 Å². The van der Waals surface area contributed by atoms with Crippen molar-refractivity contribution < 1.29 is 13.6 Å². The fraction of sp³-hybridized carbons (Fsp3) is 0.0556. The molecule has 26 heavy (non-hydrogen) atoms. The maximum absolute atomic E-state index is 13.5. The number of aromatic nitrogens is 2. The molecule has 0 aliphatic carbocycles. The number of hydrogen-bond donors (Lipinski definition) is 2. The van der Waals surface area contributed by atoms with Crippen LogP contribution in [0.1, 0.15) is 10.4 Å². The quantitative estimate of drug-likeness (QED) is 0.733. The maximum atomic E-state index is 13.5. The minimum absolute atomic E-state index is 0.154. The molecule has 0 fully saturated rings. The molecule has 0 aliphatic heterocycles. The van der Waals surface area contributed by atoms with Gasteiger partial charge in [0, 0.05) is 31.1 Å². The Labute approximate surface area is 148 Å². The summed E-state index contributed by atoms with van der Waals surface area (Å²) in [6, 6.07) is 8.70. The lowest BCUT2D eigenvalue weighted by Crippen LogP contribution is -2.19. The number of carbonyl (C=O) groups excluding carboxylic acids is 1. The summed E-state index contributed by atoms with van der Waals surface area (Å²) in [5.74, 6) is -1.22. The second-order valence-corrected chi connectivity index (χ2v) is 5.51. The van der Waals surface area contributed by atoms with Crippen molar-refractivity contribution in [1.82, 2.24) is 9.97 Å². The van der Waals surface area contributed by atoms with E-state index in [1.54, 1.807) is 30.1 Å². The average molecular weight is 355 g/mol. The second-order valence-electron chi connectivity index (χ2n) is 5.51. The predicted octanol–water partition coefficient (Wildman–Crippen LogP) is 3.37. The van der Waals surface area contributed by atoms with Crippen molar-refractivity contribution in [2.75, 3.05) is 17.3 Å². The lowest BCUT2D eigenvalue weighted by atomic mass is 10.2. The number of nitrogens with two attached hydrogens (primary N) is 1. The predicted molar refractivity (Wildman–Crippen MR) is 94.7 cm³/mol. The van der Waals surface area contributed by atoms with Crippen molar-refractivity contribution in [1.29, 1.82) is 0 Å². The smallest absolute Gasteiger partial charge is 0.252 e. The van der Waals surface area contributed by atoms with Crippen LogP contribution in [0.5, 0.6) is 0 Å². The Morgan fingerprint density at radius 3 is 2.62 bits per heavy atom. The van der Waals surface area contributed by atoms with Gasteiger partial charge in [-0.25, -0.2) is 13.8 Å². The third-order valence-corrected chi connectivity index (χ3v) is 3.68. The maximum Gasteiger partial charge on any atom is 0.252 e. The molecule has 0 bridgehead atoms. The third-order valence-electron chi connectivity index (χ3n) is 3.68. The van der Waals surface area contributed by atoms with E-state index in [0.717, 1.165) is 6.20 Å². The van der Waals surface area contributed by atoms with E-state index in [2.05, 4.69) is 15.3 Å². The molecule has 3 N–H and O–H groups in total. The Hall–Kier alpha value is -3.55. The number of halogens is 2. The fourth-order valence-corrected chi connectivity index (χ4v) is 2.42. The van der Waals surface area contributed by atoms with Gasteiger partial charge >= 0.3 is 0 Å². The Morgan fingerprint density at radius 1 is 1.12 bits per heavy atom. The van der Waals surface area contributed by atoms with E-state index < -0.39 is 17.5 Å². The molecule has 0 radical (unpaired) electrons. The second kappa shape index (κ2) is 7.14. The number of nitrogens with one attached hydrogen (secondary N) is 1. The van der Waals surface area contributed by atoms with Crippen LogP contribution < -0.4 is 16.0 Å². The molecule has 1 aromatic carbocycles. The molecule has 8 heteroatoms. The molecule has 132 valence electrons. The summed E-state index contributed by atoms with van der Waals surface area (Å²) in [6.45, 7) is 0. The van der Waals surface area contributed by atoms with Crippen LogP contribution in [0.2, 0.25) is 0 Å². The van der Waals surface area contributed by atoms with Crippen molar-refractivity contribution >= 4 is 28.8 Å². The van der Waals surface area contributed by atoms with Gasteiger partial charge in [0.05, 0.1) is 29.3 Å². The molecule has 0 saturated carbocycles. The van der Waals surface area contributed by atoms with Crippen LogP contribution in [-0.2, 0) is 0 Å². The van der Waals surface area contributed by atoms with Gasteiger partial charge in [-0.15, -0.1) is 0 Å².